The average Bonchev–Trinajstić information content (AvgIpc) is 2.80. The number of aldehydes is 1. The lowest BCUT2D eigenvalue weighted by molar-refractivity contribution is -0.141. The second-order valence-electron chi connectivity index (χ2n) is 4.18. The van der Waals surface area contributed by atoms with Gasteiger partial charge in [0.25, 0.3) is 11.8 Å². The van der Waals surface area contributed by atoms with Crippen molar-refractivity contribution in [1.82, 2.24) is 20.9 Å². The van der Waals surface area contributed by atoms with Crippen molar-refractivity contribution in [1.29, 1.82) is 5.41 Å². The van der Waals surface area contributed by atoms with Crippen LogP contribution in [0.4, 0.5) is 0 Å². The Balaban J connectivity index is 2.22. The summed E-state index contributed by atoms with van der Waals surface area (Å²) in [6.07, 6.45) is 2.69. The van der Waals surface area contributed by atoms with Crippen molar-refractivity contribution in [3.05, 3.63) is 12.2 Å². The van der Waals surface area contributed by atoms with E-state index in [2.05, 4.69) is 16.0 Å². The number of rotatable bonds is 8. The second kappa shape index (κ2) is 8.29. The fraction of sp³-hybridized carbons (Fsp3) is 0.333. The molecule has 0 aromatic rings. The lowest BCUT2D eigenvalue weighted by atomic mass is 10.4. The van der Waals surface area contributed by atoms with E-state index in [1.54, 1.807) is 0 Å². The summed E-state index contributed by atoms with van der Waals surface area (Å²) in [6.45, 7) is -0.967. The molecule has 0 fully saturated rings. The summed E-state index contributed by atoms with van der Waals surface area (Å²) in [5.41, 5.74) is 0. The highest BCUT2D eigenvalue weighted by molar-refractivity contribution is 6.14. The minimum Gasteiger partial charge on any atom is -0.366 e. The van der Waals surface area contributed by atoms with E-state index in [0.29, 0.717) is 6.29 Å². The Morgan fingerprint density at radius 1 is 1.05 bits per heavy atom. The molecule has 0 aliphatic carbocycles. The first kappa shape index (κ1) is 17.0. The molecule has 1 aliphatic heterocycles. The summed E-state index contributed by atoms with van der Waals surface area (Å²) in [6, 6.07) is 0. The number of amides is 4. The predicted octanol–water partition coefficient (Wildman–Crippen LogP) is -3.09. The van der Waals surface area contributed by atoms with Crippen LogP contribution in [0, 0.1) is 5.41 Å². The molecule has 0 spiro atoms. The highest BCUT2D eigenvalue weighted by Crippen LogP contribution is 2.01. The zero-order chi connectivity index (χ0) is 16.5. The molecule has 0 atom stereocenters. The number of hydrogen-bond acceptors (Lipinski definition) is 6. The van der Waals surface area contributed by atoms with E-state index in [4.69, 9.17) is 5.41 Å². The molecule has 0 aromatic carbocycles. The molecule has 1 heterocycles. The van der Waals surface area contributed by atoms with Crippen molar-refractivity contribution in [2.24, 2.45) is 0 Å². The van der Waals surface area contributed by atoms with Crippen molar-refractivity contribution in [3.63, 3.8) is 0 Å². The smallest absolute Gasteiger partial charge is 0.254 e. The van der Waals surface area contributed by atoms with Crippen LogP contribution < -0.4 is 16.0 Å². The average molecular weight is 309 g/mol. The molecule has 0 radical (unpaired) electrons. The van der Waals surface area contributed by atoms with E-state index in [9.17, 15) is 24.0 Å². The number of nitrogens with zero attached hydrogens (tertiary/aromatic N) is 1. The number of hydrogen-bond donors (Lipinski definition) is 4. The summed E-state index contributed by atoms with van der Waals surface area (Å²) >= 11 is 0. The molecule has 1 rings (SSSR count). The van der Waals surface area contributed by atoms with Crippen LogP contribution in [0.5, 0.6) is 0 Å². The van der Waals surface area contributed by atoms with Crippen molar-refractivity contribution >= 4 is 35.8 Å². The van der Waals surface area contributed by atoms with Crippen LogP contribution in [0.2, 0.25) is 0 Å². The van der Waals surface area contributed by atoms with Crippen LogP contribution in [0.25, 0.3) is 0 Å². The van der Waals surface area contributed by atoms with Gasteiger partial charge in [0.1, 0.15) is 18.7 Å². The highest BCUT2D eigenvalue weighted by Gasteiger charge is 2.25. The molecule has 10 heteroatoms. The molecule has 0 saturated heterocycles. The van der Waals surface area contributed by atoms with Crippen molar-refractivity contribution in [2.45, 2.75) is 0 Å². The molecule has 10 nitrogen and oxygen atoms in total. The second-order valence-corrected chi connectivity index (χ2v) is 4.18. The highest BCUT2D eigenvalue weighted by atomic mass is 16.2. The van der Waals surface area contributed by atoms with Crippen LogP contribution in [-0.2, 0) is 24.0 Å². The summed E-state index contributed by atoms with van der Waals surface area (Å²) < 4.78 is 0. The maximum Gasteiger partial charge on any atom is 0.254 e. The first-order valence-electron chi connectivity index (χ1n) is 6.26. The monoisotopic (exact) mass is 309 g/mol. The van der Waals surface area contributed by atoms with Gasteiger partial charge in [-0.1, -0.05) is 0 Å². The van der Waals surface area contributed by atoms with Crippen LogP contribution in [-0.4, -0.2) is 66.8 Å². The first-order valence-corrected chi connectivity index (χ1v) is 6.26. The van der Waals surface area contributed by atoms with Gasteiger partial charge in [-0.15, -0.1) is 0 Å². The third-order valence-corrected chi connectivity index (χ3v) is 2.51. The molecule has 118 valence electrons. The standard InChI is InChI=1S/C12H15N5O5/c13-8(14-3-4-18)5-15-9(19)6-16-10(20)7-17-11(21)1-2-12(17)22/h1-2,4H,3,5-7H2,(H2,13,14)(H,15,19)(H,16,20). The summed E-state index contributed by atoms with van der Waals surface area (Å²) in [5.74, 6) is -2.43. The third-order valence-electron chi connectivity index (χ3n) is 2.51. The third kappa shape index (κ3) is 5.53. The molecule has 0 saturated carbocycles. The van der Waals surface area contributed by atoms with E-state index in [-0.39, 0.29) is 25.5 Å². The van der Waals surface area contributed by atoms with Crippen LogP contribution in [0.1, 0.15) is 0 Å². The Kier molecular flexibility index (Phi) is 6.41. The van der Waals surface area contributed by atoms with E-state index in [1.165, 1.54) is 0 Å². The number of amidine groups is 1. The van der Waals surface area contributed by atoms with Gasteiger partial charge in [0.2, 0.25) is 11.8 Å². The minimum atomic E-state index is -0.658. The molecule has 22 heavy (non-hydrogen) atoms. The van der Waals surface area contributed by atoms with E-state index < -0.39 is 30.2 Å². The van der Waals surface area contributed by atoms with Crippen LogP contribution >= 0.6 is 0 Å². The molecule has 1 aliphatic rings. The fourth-order valence-corrected chi connectivity index (χ4v) is 1.44. The summed E-state index contributed by atoms with van der Waals surface area (Å²) in [7, 11) is 0. The van der Waals surface area contributed by atoms with E-state index in [0.717, 1.165) is 17.1 Å². The molecule has 4 N–H and O–H groups in total. The van der Waals surface area contributed by atoms with Gasteiger partial charge in [0.05, 0.1) is 19.6 Å². The quantitative estimate of drug-likeness (QED) is 0.162. The van der Waals surface area contributed by atoms with Crippen molar-refractivity contribution in [3.8, 4) is 0 Å². The van der Waals surface area contributed by atoms with Gasteiger partial charge in [-0.2, -0.15) is 0 Å². The normalized spacial score (nSPS) is 13.0. The maximum atomic E-state index is 11.5. The zero-order valence-electron chi connectivity index (χ0n) is 11.5. The zero-order valence-corrected chi connectivity index (χ0v) is 11.5. The van der Waals surface area contributed by atoms with Gasteiger partial charge in [-0.05, 0) is 0 Å². The molecular weight excluding hydrogens is 294 g/mol. The predicted molar refractivity (Wildman–Crippen MR) is 73.7 cm³/mol. The topological polar surface area (TPSA) is 149 Å². The van der Waals surface area contributed by atoms with Crippen molar-refractivity contribution in [2.75, 3.05) is 26.2 Å². The minimum absolute atomic E-state index is 0.0304. The van der Waals surface area contributed by atoms with Gasteiger partial charge >= 0.3 is 0 Å². The SMILES string of the molecule is N=C(CNC(=O)CNC(=O)CN1C(=O)C=CC1=O)NCC=O. The molecular formula is C12H15N5O5. The summed E-state index contributed by atoms with van der Waals surface area (Å²) in [4.78, 5) is 56.2. The number of imide groups is 1. The molecule has 0 bridgehead atoms. The Morgan fingerprint density at radius 3 is 2.23 bits per heavy atom. The van der Waals surface area contributed by atoms with Crippen LogP contribution in [0.15, 0.2) is 12.2 Å². The number of carbonyl (C=O) groups is 5. The largest absolute Gasteiger partial charge is 0.366 e. The van der Waals surface area contributed by atoms with Crippen molar-refractivity contribution < 1.29 is 24.0 Å². The van der Waals surface area contributed by atoms with E-state index in [1.807, 2.05) is 0 Å². The van der Waals surface area contributed by atoms with Gasteiger partial charge in [-0.25, -0.2) is 0 Å². The Morgan fingerprint density at radius 2 is 1.64 bits per heavy atom. The lowest BCUT2D eigenvalue weighted by Crippen LogP contribution is -2.45. The number of carbonyl (C=O) groups excluding carboxylic acids is 5. The van der Waals surface area contributed by atoms with Gasteiger partial charge in [-0.3, -0.25) is 29.5 Å². The van der Waals surface area contributed by atoms with Gasteiger partial charge in [0, 0.05) is 12.2 Å². The maximum absolute atomic E-state index is 11.5. The Bertz CT molecular complexity index is 524. The Hall–Kier alpha value is -3.04. The van der Waals surface area contributed by atoms with Gasteiger partial charge in [0.15, 0.2) is 0 Å². The van der Waals surface area contributed by atoms with Gasteiger partial charge < -0.3 is 20.7 Å². The molecule has 4 amide bonds. The molecule has 0 aromatic heterocycles. The van der Waals surface area contributed by atoms with E-state index >= 15 is 0 Å². The van der Waals surface area contributed by atoms with Crippen LogP contribution in [0.3, 0.4) is 0 Å². The Labute approximate surface area is 125 Å². The number of nitrogens with one attached hydrogen (secondary N) is 4. The lowest BCUT2D eigenvalue weighted by Gasteiger charge is -2.13. The fourth-order valence-electron chi connectivity index (χ4n) is 1.44. The molecule has 0 unspecified atom stereocenters. The summed E-state index contributed by atoms with van der Waals surface area (Å²) in [5, 5.41) is 14.4. The first-order chi connectivity index (χ1) is 10.4.